The highest BCUT2D eigenvalue weighted by Gasteiger charge is 2.24. The first kappa shape index (κ1) is 16.4. The van der Waals surface area contributed by atoms with Crippen molar-refractivity contribution in [2.75, 3.05) is 0 Å². The fraction of sp³-hybridized carbons (Fsp3) is 0.333. The summed E-state index contributed by atoms with van der Waals surface area (Å²) in [7, 11) is 1.35. The number of hydrogen-bond acceptors (Lipinski definition) is 4. The molecule has 0 atom stereocenters. The van der Waals surface area contributed by atoms with Crippen LogP contribution in [0.25, 0.3) is 11.4 Å². The fourth-order valence-corrected chi connectivity index (χ4v) is 3.27. The molecule has 0 fully saturated rings. The Kier molecular flexibility index (Phi) is 4.69. The average Bonchev–Trinajstić information content (AvgIpc) is 2.69. The molecule has 5 nitrogen and oxygen atoms in total. The molecule has 2 aromatic rings. The van der Waals surface area contributed by atoms with Crippen LogP contribution < -0.4 is 0 Å². The molecule has 114 valence electrons. The van der Waals surface area contributed by atoms with Gasteiger partial charge in [-0.2, -0.15) is 0 Å². The lowest BCUT2D eigenvalue weighted by Crippen LogP contribution is -2.12. The van der Waals surface area contributed by atoms with E-state index in [0.29, 0.717) is 16.6 Å². The van der Waals surface area contributed by atoms with Gasteiger partial charge in [-0.05, 0) is 24.1 Å². The maximum absolute atomic E-state index is 13.5. The molecule has 0 spiro atoms. The predicted molar refractivity (Wildman–Crippen MR) is 81.0 cm³/mol. The third-order valence-corrected chi connectivity index (χ3v) is 4.21. The topological polar surface area (TPSA) is 64.8 Å². The van der Waals surface area contributed by atoms with Crippen molar-refractivity contribution >= 4 is 35.7 Å². The number of nitrogens with zero attached hydrogens (tertiary/aromatic N) is 3. The van der Waals surface area contributed by atoms with Crippen molar-refractivity contribution in [3.05, 3.63) is 28.5 Å². The van der Waals surface area contributed by atoms with Crippen molar-refractivity contribution in [2.24, 2.45) is 5.92 Å². The first-order chi connectivity index (χ1) is 9.68. The normalized spacial score (nSPS) is 12.1. The smallest absolute Gasteiger partial charge is 0.296 e. The summed E-state index contributed by atoms with van der Waals surface area (Å²) in [4.78, 5) is 0. The number of benzene rings is 1. The van der Waals surface area contributed by atoms with Crippen LogP contribution in [-0.2, 0) is 15.6 Å². The molecule has 21 heavy (non-hydrogen) atoms. The minimum Gasteiger partial charge on any atom is -0.297 e. The molecule has 2 rings (SSSR count). The second-order valence-corrected chi connectivity index (χ2v) is 8.28. The number of hydrogen-bond donors (Lipinski definition) is 0. The highest BCUT2D eigenvalue weighted by molar-refractivity contribution is 9.10. The maximum Gasteiger partial charge on any atom is 0.296 e. The van der Waals surface area contributed by atoms with Crippen LogP contribution in [0.1, 0.15) is 13.8 Å². The molecule has 0 saturated carbocycles. The molecule has 0 bridgehead atoms. The van der Waals surface area contributed by atoms with Crippen LogP contribution in [-0.4, -0.2) is 23.2 Å². The van der Waals surface area contributed by atoms with Crippen LogP contribution in [0.3, 0.4) is 0 Å². The minimum atomic E-state index is -4.03. The Labute approximate surface area is 134 Å². The van der Waals surface area contributed by atoms with Crippen LogP contribution in [0, 0.1) is 11.7 Å². The summed E-state index contributed by atoms with van der Waals surface area (Å²) in [6.07, 6.45) is 0. The lowest BCUT2D eigenvalue weighted by molar-refractivity contribution is 0.488. The van der Waals surface area contributed by atoms with E-state index in [4.69, 9.17) is 10.7 Å². The molecule has 0 aliphatic rings. The van der Waals surface area contributed by atoms with Crippen LogP contribution in [0.15, 0.2) is 27.8 Å². The molecule has 0 saturated heterocycles. The minimum absolute atomic E-state index is 0.133. The van der Waals surface area contributed by atoms with Crippen molar-refractivity contribution in [3.63, 3.8) is 0 Å². The summed E-state index contributed by atoms with van der Waals surface area (Å²) in [6.45, 7) is 4.17. The lowest BCUT2D eigenvalue weighted by atomic mass is 10.2. The van der Waals surface area contributed by atoms with Gasteiger partial charge in [0.25, 0.3) is 14.2 Å². The Morgan fingerprint density at radius 3 is 2.52 bits per heavy atom. The summed E-state index contributed by atoms with van der Waals surface area (Å²) in [5.74, 6) is -0.0780. The van der Waals surface area contributed by atoms with Crippen molar-refractivity contribution in [1.82, 2.24) is 14.8 Å². The van der Waals surface area contributed by atoms with Gasteiger partial charge < -0.3 is 0 Å². The maximum atomic E-state index is 13.5. The Balaban J connectivity index is 2.66. The molecule has 0 N–H and O–H groups in total. The second-order valence-electron chi connectivity index (χ2n) is 4.91. The van der Waals surface area contributed by atoms with E-state index in [1.165, 1.54) is 16.7 Å². The SMILES string of the molecule is CC(C)Cn1c(-c2cc(F)cc(Br)c2)nnc1S(=O)(=O)Cl. The summed E-state index contributed by atoms with van der Waals surface area (Å²) in [5, 5.41) is 7.14. The van der Waals surface area contributed by atoms with E-state index in [0.717, 1.165) is 0 Å². The van der Waals surface area contributed by atoms with Crippen LogP contribution in [0.5, 0.6) is 0 Å². The van der Waals surface area contributed by atoms with Crippen molar-refractivity contribution in [3.8, 4) is 11.4 Å². The highest BCUT2D eigenvalue weighted by Crippen LogP contribution is 2.26. The van der Waals surface area contributed by atoms with Crippen molar-refractivity contribution < 1.29 is 12.8 Å². The van der Waals surface area contributed by atoms with E-state index in [9.17, 15) is 12.8 Å². The zero-order valence-electron chi connectivity index (χ0n) is 11.2. The summed E-state index contributed by atoms with van der Waals surface area (Å²) in [5.41, 5.74) is 0.418. The number of rotatable bonds is 4. The predicted octanol–water partition coefficient (Wildman–Crippen LogP) is 3.43. The summed E-state index contributed by atoms with van der Waals surface area (Å²) in [6, 6.07) is 4.19. The first-order valence-electron chi connectivity index (χ1n) is 6.03. The van der Waals surface area contributed by atoms with Gasteiger partial charge in [0.1, 0.15) is 5.82 Å². The molecule has 1 heterocycles. The zero-order valence-corrected chi connectivity index (χ0v) is 14.4. The van der Waals surface area contributed by atoms with Gasteiger partial charge in [-0.3, -0.25) is 4.57 Å². The quantitative estimate of drug-likeness (QED) is 0.743. The van der Waals surface area contributed by atoms with Crippen LogP contribution >= 0.6 is 26.6 Å². The third kappa shape index (κ3) is 3.81. The van der Waals surface area contributed by atoms with E-state index < -0.39 is 14.9 Å². The van der Waals surface area contributed by atoms with Gasteiger partial charge in [0, 0.05) is 27.3 Å². The summed E-state index contributed by atoms with van der Waals surface area (Å²) >= 11 is 3.19. The standard InChI is InChI=1S/C12H12BrClFN3O2S/c1-7(2)6-18-11(16-17-12(18)21(14,19)20)8-3-9(13)5-10(15)4-8/h3-5,7H,6H2,1-2H3. The van der Waals surface area contributed by atoms with Gasteiger partial charge in [-0.15, -0.1) is 10.2 Å². The second kappa shape index (κ2) is 6.02. The number of halogens is 3. The zero-order chi connectivity index (χ0) is 15.8. The van der Waals surface area contributed by atoms with Gasteiger partial charge >= 0.3 is 0 Å². The molecule has 1 aromatic heterocycles. The molecular formula is C12H12BrClFN3O2S. The van der Waals surface area contributed by atoms with Crippen LogP contribution in [0.2, 0.25) is 0 Å². The van der Waals surface area contributed by atoms with Gasteiger partial charge in [-0.1, -0.05) is 29.8 Å². The van der Waals surface area contributed by atoms with Gasteiger partial charge in [0.05, 0.1) is 0 Å². The summed E-state index contributed by atoms with van der Waals surface area (Å²) < 4.78 is 38.6. The van der Waals surface area contributed by atoms with Crippen LogP contribution in [0.4, 0.5) is 4.39 Å². The largest absolute Gasteiger partial charge is 0.297 e. The Morgan fingerprint density at radius 2 is 2.00 bits per heavy atom. The van der Waals surface area contributed by atoms with E-state index in [1.54, 1.807) is 6.07 Å². The van der Waals surface area contributed by atoms with E-state index in [-0.39, 0.29) is 16.9 Å². The Bertz CT molecular complexity index is 757. The number of aromatic nitrogens is 3. The molecule has 0 radical (unpaired) electrons. The Hall–Kier alpha value is -0.990. The fourth-order valence-electron chi connectivity index (χ4n) is 1.90. The molecule has 0 aliphatic heterocycles. The molecule has 1 aromatic carbocycles. The first-order valence-corrected chi connectivity index (χ1v) is 9.13. The Morgan fingerprint density at radius 1 is 1.33 bits per heavy atom. The molecule has 9 heteroatoms. The molecular weight excluding hydrogens is 385 g/mol. The molecule has 0 amide bonds. The van der Waals surface area contributed by atoms with Gasteiger partial charge in [-0.25, -0.2) is 12.8 Å². The highest BCUT2D eigenvalue weighted by atomic mass is 79.9. The van der Waals surface area contributed by atoms with E-state index in [2.05, 4.69) is 26.1 Å². The third-order valence-electron chi connectivity index (χ3n) is 2.60. The van der Waals surface area contributed by atoms with Gasteiger partial charge in [0.2, 0.25) is 0 Å². The van der Waals surface area contributed by atoms with E-state index in [1.807, 2.05) is 13.8 Å². The molecule has 0 unspecified atom stereocenters. The van der Waals surface area contributed by atoms with Crippen molar-refractivity contribution in [2.45, 2.75) is 25.5 Å². The van der Waals surface area contributed by atoms with Gasteiger partial charge in [0.15, 0.2) is 5.82 Å². The van der Waals surface area contributed by atoms with Crippen molar-refractivity contribution in [1.29, 1.82) is 0 Å². The lowest BCUT2D eigenvalue weighted by Gasteiger charge is -2.11. The average molecular weight is 397 g/mol. The molecule has 0 aliphatic carbocycles. The monoisotopic (exact) mass is 395 g/mol. The van der Waals surface area contributed by atoms with E-state index >= 15 is 0 Å².